The van der Waals surface area contributed by atoms with Gasteiger partial charge < -0.3 is 10.5 Å². The summed E-state index contributed by atoms with van der Waals surface area (Å²) in [6, 6.07) is 7.75. The lowest BCUT2D eigenvalue weighted by Crippen LogP contribution is -2.13. The Morgan fingerprint density at radius 1 is 1.44 bits per heavy atom. The van der Waals surface area contributed by atoms with Crippen LogP contribution in [0.2, 0.25) is 0 Å². The van der Waals surface area contributed by atoms with Crippen LogP contribution in [0.25, 0.3) is 10.9 Å². The van der Waals surface area contributed by atoms with E-state index in [1.807, 2.05) is 31.2 Å². The zero-order chi connectivity index (χ0) is 13.1. The molecule has 0 fully saturated rings. The molecule has 2 aromatic rings. The topological polar surface area (TPSA) is 65.2 Å². The number of nitrogens with two attached hydrogens (primary N) is 1. The molecule has 0 saturated carbocycles. The van der Waals surface area contributed by atoms with E-state index in [1.54, 1.807) is 7.11 Å². The molecule has 2 N–H and O–H groups in total. The van der Waals surface area contributed by atoms with E-state index in [2.05, 4.69) is 4.98 Å². The molecule has 0 saturated heterocycles. The molecule has 0 aliphatic heterocycles. The van der Waals surface area contributed by atoms with Gasteiger partial charge in [-0.1, -0.05) is 11.8 Å². The highest BCUT2D eigenvalue weighted by atomic mass is 32.2. The molecule has 0 bridgehead atoms. The van der Waals surface area contributed by atoms with Crippen LogP contribution in [0.5, 0.6) is 5.75 Å². The molecule has 2 rings (SSSR count). The molecule has 94 valence electrons. The van der Waals surface area contributed by atoms with E-state index < -0.39 is 0 Å². The van der Waals surface area contributed by atoms with Crippen molar-refractivity contribution in [1.29, 1.82) is 0 Å². The lowest BCUT2D eigenvalue weighted by molar-refractivity contribution is -0.115. The largest absolute Gasteiger partial charge is 0.497 e. The first-order valence-electron chi connectivity index (χ1n) is 5.46. The number of ether oxygens (including phenoxy) is 1. The maximum atomic E-state index is 10.8. The van der Waals surface area contributed by atoms with E-state index in [4.69, 9.17) is 10.5 Å². The summed E-state index contributed by atoms with van der Waals surface area (Å²) in [4.78, 5) is 15.3. The second kappa shape index (κ2) is 5.27. The van der Waals surface area contributed by atoms with Crippen molar-refractivity contribution >= 4 is 28.6 Å². The lowest BCUT2D eigenvalue weighted by atomic mass is 10.1. The van der Waals surface area contributed by atoms with Crippen molar-refractivity contribution in [1.82, 2.24) is 4.98 Å². The zero-order valence-corrected chi connectivity index (χ0v) is 11.1. The van der Waals surface area contributed by atoms with Crippen LogP contribution < -0.4 is 10.5 Å². The highest BCUT2D eigenvalue weighted by molar-refractivity contribution is 7.99. The van der Waals surface area contributed by atoms with E-state index >= 15 is 0 Å². The first kappa shape index (κ1) is 12.7. The van der Waals surface area contributed by atoms with Gasteiger partial charge in [0.1, 0.15) is 10.8 Å². The fraction of sp³-hybridized carbons (Fsp3) is 0.231. The second-order valence-electron chi connectivity index (χ2n) is 3.92. The number of nitrogens with zero attached hydrogens (tertiary/aromatic N) is 1. The summed E-state index contributed by atoms with van der Waals surface area (Å²) >= 11 is 1.36. The molecule has 1 aromatic carbocycles. The fourth-order valence-corrected chi connectivity index (χ4v) is 2.38. The number of aromatic nitrogens is 1. The number of rotatable bonds is 4. The van der Waals surface area contributed by atoms with Crippen molar-refractivity contribution in [2.45, 2.75) is 11.9 Å². The van der Waals surface area contributed by atoms with E-state index in [0.717, 1.165) is 27.2 Å². The van der Waals surface area contributed by atoms with Crippen LogP contribution in [-0.4, -0.2) is 23.8 Å². The van der Waals surface area contributed by atoms with Crippen LogP contribution in [0.4, 0.5) is 0 Å². The molecule has 1 heterocycles. The highest BCUT2D eigenvalue weighted by Crippen LogP contribution is 2.26. The molecule has 4 nitrogen and oxygen atoms in total. The number of pyridine rings is 1. The molecular formula is C13H14N2O2S. The maximum Gasteiger partial charge on any atom is 0.227 e. The molecule has 0 unspecified atom stereocenters. The van der Waals surface area contributed by atoms with Gasteiger partial charge in [0.2, 0.25) is 5.91 Å². The Bertz CT molecular complexity index is 599. The molecular weight excluding hydrogens is 248 g/mol. The van der Waals surface area contributed by atoms with Gasteiger partial charge in [0.25, 0.3) is 0 Å². The van der Waals surface area contributed by atoms with Gasteiger partial charge in [0.05, 0.1) is 18.4 Å². The van der Waals surface area contributed by atoms with Gasteiger partial charge in [-0.05, 0) is 36.8 Å². The first-order chi connectivity index (χ1) is 8.60. The number of hydrogen-bond donors (Lipinski definition) is 1. The van der Waals surface area contributed by atoms with Crippen molar-refractivity contribution in [2.24, 2.45) is 5.73 Å². The number of aryl methyl sites for hydroxylation is 1. The average Bonchev–Trinajstić information content (AvgIpc) is 2.35. The van der Waals surface area contributed by atoms with Gasteiger partial charge in [-0.15, -0.1) is 0 Å². The number of benzene rings is 1. The molecule has 5 heteroatoms. The standard InChI is InChI=1S/C13H14N2O2S/c1-8-5-9-6-10(17-2)3-4-11(9)15-13(8)18-7-12(14)16/h3-6H,7H2,1-2H3,(H2,14,16). The number of carbonyl (C=O) groups excluding carboxylic acids is 1. The van der Waals surface area contributed by atoms with Crippen molar-refractivity contribution in [3.05, 3.63) is 29.8 Å². The smallest absolute Gasteiger partial charge is 0.227 e. The Hall–Kier alpha value is -1.75. The van der Waals surface area contributed by atoms with Crippen LogP contribution in [0.3, 0.4) is 0 Å². The number of fused-ring (bicyclic) bond motifs is 1. The van der Waals surface area contributed by atoms with E-state index in [-0.39, 0.29) is 11.7 Å². The number of methoxy groups -OCH3 is 1. The molecule has 0 spiro atoms. The van der Waals surface area contributed by atoms with Crippen LogP contribution in [-0.2, 0) is 4.79 Å². The highest BCUT2D eigenvalue weighted by Gasteiger charge is 2.06. The van der Waals surface area contributed by atoms with Gasteiger partial charge in [-0.2, -0.15) is 0 Å². The third-order valence-corrected chi connectivity index (χ3v) is 3.63. The minimum absolute atomic E-state index is 0.246. The van der Waals surface area contributed by atoms with Crippen molar-refractivity contribution in [2.75, 3.05) is 12.9 Å². The minimum atomic E-state index is -0.337. The quantitative estimate of drug-likeness (QED) is 0.857. The van der Waals surface area contributed by atoms with E-state index in [0.29, 0.717) is 0 Å². The molecule has 0 aliphatic carbocycles. The monoisotopic (exact) mass is 262 g/mol. The first-order valence-corrected chi connectivity index (χ1v) is 6.45. The second-order valence-corrected chi connectivity index (χ2v) is 4.89. The average molecular weight is 262 g/mol. The van der Waals surface area contributed by atoms with Crippen molar-refractivity contribution in [3.8, 4) is 5.75 Å². The van der Waals surface area contributed by atoms with Crippen molar-refractivity contribution < 1.29 is 9.53 Å². The lowest BCUT2D eigenvalue weighted by Gasteiger charge is -2.07. The van der Waals surface area contributed by atoms with E-state index in [9.17, 15) is 4.79 Å². The van der Waals surface area contributed by atoms with Gasteiger partial charge in [-0.3, -0.25) is 4.79 Å². The molecule has 0 aliphatic rings. The Kier molecular flexibility index (Phi) is 3.72. The molecule has 0 atom stereocenters. The number of primary amides is 1. The van der Waals surface area contributed by atoms with Gasteiger partial charge >= 0.3 is 0 Å². The molecule has 0 radical (unpaired) electrons. The third kappa shape index (κ3) is 2.73. The van der Waals surface area contributed by atoms with Crippen molar-refractivity contribution in [3.63, 3.8) is 0 Å². The summed E-state index contributed by atoms with van der Waals surface area (Å²) < 4.78 is 5.18. The predicted octanol–water partition coefficient (Wildman–Crippen LogP) is 2.13. The number of amides is 1. The Morgan fingerprint density at radius 3 is 2.89 bits per heavy atom. The summed E-state index contributed by atoms with van der Waals surface area (Å²) in [6.07, 6.45) is 0. The van der Waals surface area contributed by atoms with Gasteiger partial charge in [0.15, 0.2) is 0 Å². The SMILES string of the molecule is COc1ccc2nc(SCC(N)=O)c(C)cc2c1. The normalized spacial score (nSPS) is 10.6. The summed E-state index contributed by atoms with van der Waals surface area (Å²) in [5.74, 6) is 0.715. The third-order valence-electron chi connectivity index (χ3n) is 2.52. The molecule has 1 amide bonds. The van der Waals surface area contributed by atoms with Crippen LogP contribution in [0.15, 0.2) is 29.3 Å². The van der Waals surface area contributed by atoms with E-state index in [1.165, 1.54) is 11.8 Å². The van der Waals surface area contributed by atoms with Gasteiger partial charge in [0, 0.05) is 5.39 Å². The number of hydrogen-bond acceptors (Lipinski definition) is 4. The summed E-state index contributed by atoms with van der Waals surface area (Å²) in [5.41, 5.74) is 7.05. The molecule has 18 heavy (non-hydrogen) atoms. The molecule has 1 aromatic heterocycles. The number of carbonyl (C=O) groups is 1. The Morgan fingerprint density at radius 2 is 2.22 bits per heavy atom. The maximum absolute atomic E-state index is 10.8. The zero-order valence-electron chi connectivity index (χ0n) is 10.3. The summed E-state index contributed by atoms with van der Waals surface area (Å²) in [6.45, 7) is 1.97. The predicted molar refractivity (Wildman–Crippen MR) is 73.0 cm³/mol. The fourth-order valence-electron chi connectivity index (χ4n) is 1.66. The number of thioether (sulfide) groups is 1. The van der Waals surface area contributed by atoms with Crippen LogP contribution >= 0.6 is 11.8 Å². The minimum Gasteiger partial charge on any atom is -0.497 e. The summed E-state index contributed by atoms with van der Waals surface area (Å²) in [5, 5.41) is 1.86. The van der Waals surface area contributed by atoms with Crippen LogP contribution in [0, 0.1) is 6.92 Å². The Balaban J connectivity index is 2.39. The van der Waals surface area contributed by atoms with Crippen LogP contribution in [0.1, 0.15) is 5.56 Å². The van der Waals surface area contributed by atoms with Gasteiger partial charge in [-0.25, -0.2) is 4.98 Å². The Labute approximate surface area is 110 Å². The summed E-state index contributed by atoms with van der Waals surface area (Å²) in [7, 11) is 1.64.